The minimum absolute atomic E-state index is 0.0263. The van der Waals surface area contributed by atoms with Crippen LogP contribution in [0.15, 0.2) is 47.9 Å². The maximum absolute atomic E-state index is 13.1. The highest BCUT2D eigenvalue weighted by molar-refractivity contribution is 7.89. The Hall–Kier alpha value is -1.70. The van der Waals surface area contributed by atoms with Gasteiger partial charge in [0.25, 0.3) is 10.0 Å². The van der Waals surface area contributed by atoms with Crippen LogP contribution >= 0.6 is 0 Å². The summed E-state index contributed by atoms with van der Waals surface area (Å²) in [4.78, 5) is 4.06. The molecule has 4 rings (SSSR count). The second kappa shape index (κ2) is 5.68. The zero-order chi connectivity index (χ0) is 16.8. The second-order valence-electron chi connectivity index (χ2n) is 6.72. The standard InChI is InChI=1S/C17H21N3O3S/c1-19-11-15(18-13-19)24(21,22)20-12-17(7-9-23-10-8-17)16(20)14-5-3-2-4-6-14/h2-6,11,13,16H,7-10,12H2,1H3/t16-/m1/s1. The number of sulfonamides is 1. The van der Waals surface area contributed by atoms with Crippen molar-refractivity contribution in [2.75, 3.05) is 19.8 Å². The van der Waals surface area contributed by atoms with E-state index in [4.69, 9.17) is 4.74 Å². The highest BCUT2D eigenvalue weighted by atomic mass is 32.2. The predicted molar refractivity (Wildman–Crippen MR) is 88.8 cm³/mol. The molecular weight excluding hydrogens is 326 g/mol. The molecule has 3 heterocycles. The summed E-state index contributed by atoms with van der Waals surface area (Å²) in [6, 6.07) is 9.77. The zero-order valence-corrected chi connectivity index (χ0v) is 14.4. The lowest BCUT2D eigenvalue weighted by Crippen LogP contribution is -2.62. The lowest BCUT2D eigenvalue weighted by molar-refractivity contribution is -0.0953. The van der Waals surface area contributed by atoms with Crippen LogP contribution in [0.2, 0.25) is 0 Å². The fourth-order valence-electron chi connectivity index (χ4n) is 3.91. The van der Waals surface area contributed by atoms with Crippen LogP contribution in [0.3, 0.4) is 0 Å². The van der Waals surface area contributed by atoms with Crippen LogP contribution in [0, 0.1) is 5.41 Å². The molecule has 1 atom stereocenters. The van der Waals surface area contributed by atoms with E-state index in [1.54, 1.807) is 22.1 Å². The average molecular weight is 347 g/mol. The molecule has 2 aliphatic rings. The van der Waals surface area contributed by atoms with Crippen LogP contribution in [-0.2, 0) is 21.8 Å². The first-order chi connectivity index (χ1) is 11.5. The summed E-state index contributed by atoms with van der Waals surface area (Å²) < 4.78 is 34.9. The van der Waals surface area contributed by atoms with Crippen LogP contribution in [0.25, 0.3) is 0 Å². The van der Waals surface area contributed by atoms with Crippen LogP contribution in [0.1, 0.15) is 24.4 Å². The number of aromatic nitrogens is 2. The maximum Gasteiger partial charge on any atom is 0.262 e. The van der Waals surface area contributed by atoms with Gasteiger partial charge in [0.2, 0.25) is 0 Å². The number of aryl methyl sites for hydroxylation is 1. The molecule has 2 saturated heterocycles. The van der Waals surface area contributed by atoms with Gasteiger partial charge in [-0.2, -0.15) is 4.31 Å². The predicted octanol–water partition coefficient (Wildman–Crippen LogP) is 1.96. The molecule has 0 saturated carbocycles. The molecular formula is C17H21N3O3S. The molecule has 1 aromatic heterocycles. The lowest BCUT2D eigenvalue weighted by atomic mass is 9.65. The molecule has 0 aliphatic carbocycles. The van der Waals surface area contributed by atoms with E-state index in [-0.39, 0.29) is 16.5 Å². The largest absolute Gasteiger partial charge is 0.381 e. The lowest BCUT2D eigenvalue weighted by Gasteiger charge is -2.58. The Morgan fingerprint density at radius 2 is 1.92 bits per heavy atom. The summed E-state index contributed by atoms with van der Waals surface area (Å²) in [6.07, 6.45) is 4.86. The molecule has 1 aromatic carbocycles. The Bertz CT molecular complexity index is 826. The van der Waals surface area contributed by atoms with Crippen molar-refractivity contribution >= 4 is 10.0 Å². The first-order valence-corrected chi connectivity index (χ1v) is 9.59. The van der Waals surface area contributed by atoms with Gasteiger partial charge in [0, 0.05) is 38.4 Å². The molecule has 2 aromatic rings. The summed E-state index contributed by atoms with van der Waals surface area (Å²) in [5, 5.41) is 0.118. The summed E-state index contributed by atoms with van der Waals surface area (Å²) in [5.74, 6) is 0. The smallest absolute Gasteiger partial charge is 0.262 e. The van der Waals surface area contributed by atoms with Gasteiger partial charge in [-0.25, -0.2) is 13.4 Å². The minimum atomic E-state index is -3.59. The summed E-state index contributed by atoms with van der Waals surface area (Å²) in [6.45, 7) is 1.93. The van der Waals surface area contributed by atoms with Crippen LogP contribution in [-0.4, -0.2) is 42.0 Å². The fourth-order valence-corrected chi connectivity index (χ4v) is 5.68. The van der Waals surface area contributed by atoms with Crippen LogP contribution in [0.5, 0.6) is 0 Å². The van der Waals surface area contributed by atoms with Crippen molar-refractivity contribution in [3.8, 4) is 0 Å². The summed E-state index contributed by atoms with van der Waals surface area (Å²) in [5.41, 5.74) is 1.02. The van der Waals surface area contributed by atoms with E-state index >= 15 is 0 Å². The molecule has 24 heavy (non-hydrogen) atoms. The molecule has 0 N–H and O–H groups in total. The number of nitrogens with zero attached hydrogens (tertiary/aromatic N) is 3. The highest BCUT2D eigenvalue weighted by Crippen LogP contribution is 2.56. The minimum Gasteiger partial charge on any atom is -0.381 e. The Morgan fingerprint density at radius 1 is 1.21 bits per heavy atom. The topological polar surface area (TPSA) is 64.4 Å². The Kier molecular flexibility index (Phi) is 3.74. The number of rotatable bonds is 3. The van der Waals surface area contributed by atoms with Gasteiger partial charge in [-0.15, -0.1) is 0 Å². The van der Waals surface area contributed by atoms with Gasteiger partial charge in [-0.1, -0.05) is 30.3 Å². The maximum atomic E-state index is 13.1. The average Bonchev–Trinajstić information content (AvgIpc) is 3.02. The van der Waals surface area contributed by atoms with Crippen molar-refractivity contribution in [2.45, 2.75) is 23.9 Å². The van der Waals surface area contributed by atoms with E-state index in [0.29, 0.717) is 19.8 Å². The molecule has 0 amide bonds. The van der Waals surface area contributed by atoms with Gasteiger partial charge in [-0.3, -0.25) is 0 Å². The molecule has 0 bridgehead atoms. The molecule has 7 heteroatoms. The highest BCUT2D eigenvalue weighted by Gasteiger charge is 2.58. The molecule has 6 nitrogen and oxygen atoms in total. The Balaban J connectivity index is 1.73. The van der Waals surface area contributed by atoms with Crippen molar-refractivity contribution in [3.05, 3.63) is 48.4 Å². The van der Waals surface area contributed by atoms with E-state index in [1.165, 1.54) is 6.33 Å². The summed E-state index contributed by atoms with van der Waals surface area (Å²) in [7, 11) is -1.82. The molecule has 1 spiro atoms. The van der Waals surface area contributed by atoms with E-state index < -0.39 is 10.0 Å². The van der Waals surface area contributed by atoms with Gasteiger partial charge in [0.15, 0.2) is 5.03 Å². The second-order valence-corrected chi connectivity index (χ2v) is 8.55. The normalized spacial score (nSPS) is 24.0. The Labute approximate surface area is 142 Å². The van der Waals surface area contributed by atoms with E-state index in [0.717, 1.165) is 18.4 Å². The molecule has 2 aliphatic heterocycles. The first-order valence-electron chi connectivity index (χ1n) is 8.15. The third-order valence-electron chi connectivity index (χ3n) is 5.20. The van der Waals surface area contributed by atoms with Crippen molar-refractivity contribution in [1.29, 1.82) is 0 Å². The molecule has 0 radical (unpaired) electrons. The summed E-state index contributed by atoms with van der Waals surface area (Å²) >= 11 is 0. The van der Waals surface area contributed by atoms with Crippen molar-refractivity contribution in [3.63, 3.8) is 0 Å². The first kappa shape index (κ1) is 15.8. The van der Waals surface area contributed by atoms with E-state index in [2.05, 4.69) is 4.98 Å². The van der Waals surface area contributed by atoms with Crippen molar-refractivity contribution in [1.82, 2.24) is 13.9 Å². The Morgan fingerprint density at radius 3 is 2.54 bits per heavy atom. The zero-order valence-electron chi connectivity index (χ0n) is 13.6. The van der Waals surface area contributed by atoms with E-state index in [9.17, 15) is 8.42 Å². The number of benzene rings is 1. The van der Waals surface area contributed by atoms with Gasteiger partial charge >= 0.3 is 0 Å². The third-order valence-corrected chi connectivity index (χ3v) is 6.89. The van der Waals surface area contributed by atoms with Gasteiger partial charge in [0.1, 0.15) is 0 Å². The quantitative estimate of drug-likeness (QED) is 0.851. The fraction of sp³-hybridized carbons (Fsp3) is 0.471. The number of ether oxygens (including phenoxy) is 1. The molecule has 0 unspecified atom stereocenters. The van der Waals surface area contributed by atoms with Crippen molar-refractivity contribution < 1.29 is 13.2 Å². The van der Waals surface area contributed by atoms with Gasteiger partial charge in [0.05, 0.1) is 12.4 Å². The van der Waals surface area contributed by atoms with Crippen LogP contribution < -0.4 is 0 Å². The number of hydrogen-bond donors (Lipinski definition) is 0. The number of imidazole rings is 1. The molecule has 2 fully saturated rings. The van der Waals surface area contributed by atoms with Gasteiger partial charge < -0.3 is 9.30 Å². The number of hydrogen-bond acceptors (Lipinski definition) is 4. The van der Waals surface area contributed by atoms with Gasteiger partial charge in [-0.05, 0) is 18.4 Å². The third kappa shape index (κ3) is 2.39. The van der Waals surface area contributed by atoms with E-state index in [1.807, 2.05) is 30.3 Å². The van der Waals surface area contributed by atoms with Crippen LogP contribution in [0.4, 0.5) is 0 Å². The monoisotopic (exact) mass is 347 g/mol. The SMILES string of the molecule is Cn1cnc(S(=O)(=O)N2CC3(CCOCC3)[C@H]2c2ccccc2)c1. The van der Waals surface area contributed by atoms with Crippen molar-refractivity contribution in [2.24, 2.45) is 12.5 Å². The molecule has 128 valence electrons.